The van der Waals surface area contributed by atoms with Crippen molar-refractivity contribution < 1.29 is 42.9 Å². The molecule has 0 unspecified atom stereocenters. The van der Waals surface area contributed by atoms with E-state index in [9.17, 15) is 24.0 Å². The van der Waals surface area contributed by atoms with Crippen LogP contribution in [0.4, 0.5) is 5.69 Å². The van der Waals surface area contributed by atoms with E-state index in [-0.39, 0.29) is 36.6 Å². The second kappa shape index (κ2) is 12.4. The number of carbonyl (C=O) groups is 5. The predicted octanol–water partition coefficient (Wildman–Crippen LogP) is 1.56. The van der Waals surface area contributed by atoms with Crippen molar-refractivity contribution >= 4 is 35.3 Å². The van der Waals surface area contributed by atoms with E-state index < -0.39 is 42.2 Å². The first-order chi connectivity index (χ1) is 17.8. The highest BCUT2D eigenvalue weighted by Crippen LogP contribution is 2.28. The largest absolute Gasteiger partial charge is 0.496 e. The van der Waals surface area contributed by atoms with Crippen LogP contribution in [0.1, 0.15) is 34.1 Å². The van der Waals surface area contributed by atoms with Crippen LogP contribution in [0.3, 0.4) is 0 Å². The fraction of sp³-hybridized carbons (Fsp3) is 0.320. The summed E-state index contributed by atoms with van der Waals surface area (Å²) >= 11 is 0. The second-order valence-electron chi connectivity index (χ2n) is 7.84. The van der Waals surface area contributed by atoms with Crippen molar-refractivity contribution in [1.82, 2.24) is 10.4 Å². The maximum absolute atomic E-state index is 12.8. The van der Waals surface area contributed by atoms with Gasteiger partial charge in [0, 0.05) is 12.1 Å². The molecule has 1 heterocycles. The van der Waals surface area contributed by atoms with Gasteiger partial charge in [0.25, 0.3) is 11.8 Å². The molecule has 1 atom stereocenters. The number of esters is 2. The highest BCUT2D eigenvalue weighted by atomic mass is 16.5. The molecule has 1 aliphatic rings. The van der Waals surface area contributed by atoms with Gasteiger partial charge in [-0.15, -0.1) is 0 Å². The van der Waals surface area contributed by atoms with E-state index in [0.717, 1.165) is 5.01 Å². The van der Waals surface area contributed by atoms with E-state index in [2.05, 4.69) is 10.7 Å². The molecule has 12 nitrogen and oxygen atoms in total. The molecule has 0 bridgehead atoms. The van der Waals surface area contributed by atoms with Crippen LogP contribution in [0.25, 0.3) is 0 Å². The zero-order chi connectivity index (χ0) is 26.9. The summed E-state index contributed by atoms with van der Waals surface area (Å²) in [5.41, 5.74) is 3.28. The van der Waals surface area contributed by atoms with Crippen molar-refractivity contribution in [2.24, 2.45) is 5.92 Å². The van der Waals surface area contributed by atoms with Crippen molar-refractivity contribution in [3.05, 3.63) is 53.6 Å². The third kappa shape index (κ3) is 6.75. The van der Waals surface area contributed by atoms with E-state index in [1.807, 2.05) is 0 Å². The van der Waals surface area contributed by atoms with E-state index in [0.29, 0.717) is 11.3 Å². The summed E-state index contributed by atoms with van der Waals surface area (Å²) in [7, 11) is 2.79. The molecule has 37 heavy (non-hydrogen) atoms. The lowest BCUT2D eigenvalue weighted by molar-refractivity contribution is -0.151. The first-order valence-corrected chi connectivity index (χ1v) is 11.3. The van der Waals surface area contributed by atoms with Crippen LogP contribution >= 0.6 is 0 Å². The number of benzene rings is 2. The molecule has 1 saturated heterocycles. The average molecular weight is 514 g/mol. The van der Waals surface area contributed by atoms with E-state index in [1.165, 1.54) is 38.5 Å². The lowest BCUT2D eigenvalue weighted by atomic mass is 10.1. The molecule has 0 saturated carbocycles. The van der Waals surface area contributed by atoms with Gasteiger partial charge >= 0.3 is 11.9 Å². The number of ether oxygens (including phenoxy) is 4. The molecule has 1 aliphatic heterocycles. The first kappa shape index (κ1) is 27.0. The highest BCUT2D eigenvalue weighted by Gasteiger charge is 2.37. The highest BCUT2D eigenvalue weighted by molar-refractivity contribution is 6.01. The van der Waals surface area contributed by atoms with Crippen molar-refractivity contribution in [2.45, 2.75) is 13.3 Å². The summed E-state index contributed by atoms with van der Waals surface area (Å²) in [5.74, 6) is -3.35. The third-order valence-electron chi connectivity index (χ3n) is 5.38. The fourth-order valence-corrected chi connectivity index (χ4v) is 3.58. The van der Waals surface area contributed by atoms with Crippen LogP contribution in [0.5, 0.6) is 11.5 Å². The van der Waals surface area contributed by atoms with Crippen molar-refractivity contribution in [2.75, 3.05) is 39.3 Å². The molecule has 12 heteroatoms. The molecule has 0 radical (unpaired) electrons. The van der Waals surface area contributed by atoms with Gasteiger partial charge in [-0.25, -0.2) is 4.79 Å². The lowest BCUT2D eigenvalue weighted by Crippen LogP contribution is -2.43. The van der Waals surface area contributed by atoms with E-state index in [4.69, 9.17) is 18.9 Å². The Morgan fingerprint density at radius 2 is 1.62 bits per heavy atom. The molecule has 0 aliphatic carbocycles. The van der Waals surface area contributed by atoms with Crippen LogP contribution in [-0.2, 0) is 23.9 Å². The Kier molecular flexibility index (Phi) is 9.03. The van der Waals surface area contributed by atoms with Crippen molar-refractivity contribution in [3.63, 3.8) is 0 Å². The van der Waals surface area contributed by atoms with Crippen LogP contribution in [0.2, 0.25) is 0 Å². The zero-order valence-corrected chi connectivity index (χ0v) is 20.6. The number of amides is 3. The van der Waals surface area contributed by atoms with Gasteiger partial charge in [0.1, 0.15) is 17.1 Å². The van der Waals surface area contributed by atoms with Gasteiger partial charge in [-0.3, -0.25) is 29.6 Å². The zero-order valence-electron chi connectivity index (χ0n) is 20.6. The number of anilines is 1. The SMILES string of the molecule is CCOC(=O)c1ccc(NC(=O)COC(=O)[C@@H]2CC(=O)N(NC(=O)c3c(OC)cccc3OC)C2)cc1. The third-order valence-corrected chi connectivity index (χ3v) is 5.38. The molecule has 196 valence electrons. The van der Waals surface area contributed by atoms with Gasteiger partial charge < -0.3 is 24.3 Å². The molecule has 1 fully saturated rings. The summed E-state index contributed by atoms with van der Waals surface area (Å²) in [6.07, 6.45) is -0.195. The molecular weight excluding hydrogens is 486 g/mol. The van der Waals surface area contributed by atoms with Crippen LogP contribution in [0, 0.1) is 5.92 Å². The number of nitrogens with zero attached hydrogens (tertiary/aromatic N) is 1. The standard InChI is InChI=1S/C25H27N3O9/c1-4-36-24(32)15-8-10-17(11-9-15)26-20(29)14-37-25(33)16-12-21(30)28(13-16)27-23(31)22-18(34-2)6-5-7-19(22)35-3/h5-11,16H,4,12-14H2,1-3H3,(H,26,29)(H,27,31)/t16-/m1/s1. The van der Waals surface area contributed by atoms with Crippen LogP contribution in [-0.4, -0.2) is 68.6 Å². The molecule has 3 amide bonds. The normalized spacial score (nSPS) is 14.5. The molecule has 0 spiro atoms. The summed E-state index contributed by atoms with van der Waals surface area (Å²) in [5, 5.41) is 3.56. The molecule has 2 N–H and O–H groups in total. The van der Waals surface area contributed by atoms with Gasteiger partial charge in [-0.05, 0) is 43.3 Å². The molecular formula is C25H27N3O9. The predicted molar refractivity (Wildman–Crippen MR) is 129 cm³/mol. The summed E-state index contributed by atoms with van der Waals surface area (Å²) < 4.78 is 20.4. The Hall–Kier alpha value is -4.61. The number of methoxy groups -OCH3 is 2. The van der Waals surface area contributed by atoms with Gasteiger partial charge in [0.15, 0.2) is 6.61 Å². The van der Waals surface area contributed by atoms with Gasteiger partial charge in [-0.1, -0.05) is 6.07 Å². The monoisotopic (exact) mass is 513 g/mol. The minimum absolute atomic E-state index is 0.0956. The number of hydrogen-bond acceptors (Lipinski definition) is 9. The Morgan fingerprint density at radius 1 is 0.973 bits per heavy atom. The van der Waals surface area contributed by atoms with E-state index in [1.54, 1.807) is 25.1 Å². The van der Waals surface area contributed by atoms with Gasteiger partial charge in [-0.2, -0.15) is 0 Å². The quantitative estimate of drug-likeness (QED) is 0.451. The van der Waals surface area contributed by atoms with E-state index >= 15 is 0 Å². The van der Waals surface area contributed by atoms with Crippen LogP contribution in [0.15, 0.2) is 42.5 Å². The topological polar surface area (TPSA) is 150 Å². The average Bonchev–Trinajstić information content (AvgIpc) is 3.27. The van der Waals surface area contributed by atoms with Crippen molar-refractivity contribution in [1.29, 1.82) is 0 Å². The minimum Gasteiger partial charge on any atom is -0.496 e. The Labute approximate surface area is 212 Å². The Balaban J connectivity index is 1.51. The number of rotatable bonds is 10. The number of carbonyl (C=O) groups excluding carboxylic acids is 5. The minimum atomic E-state index is -0.871. The smallest absolute Gasteiger partial charge is 0.338 e. The summed E-state index contributed by atoms with van der Waals surface area (Å²) in [6.45, 7) is 1.24. The molecule has 0 aromatic heterocycles. The second-order valence-corrected chi connectivity index (χ2v) is 7.84. The maximum Gasteiger partial charge on any atom is 0.338 e. The molecule has 2 aromatic carbocycles. The first-order valence-electron chi connectivity index (χ1n) is 11.3. The summed E-state index contributed by atoms with van der Waals surface area (Å²) in [4.78, 5) is 61.5. The molecule has 3 rings (SSSR count). The Bertz CT molecular complexity index is 1160. The number of nitrogens with one attached hydrogen (secondary N) is 2. The number of hydrogen-bond donors (Lipinski definition) is 2. The van der Waals surface area contributed by atoms with Gasteiger partial charge in [0.2, 0.25) is 5.91 Å². The van der Waals surface area contributed by atoms with Gasteiger partial charge in [0.05, 0.1) is 38.9 Å². The summed E-state index contributed by atoms with van der Waals surface area (Å²) in [6, 6.07) is 10.8. The maximum atomic E-state index is 12.8. The number of hydrazine groups is 1. The lowest BCUT2D eigenvalue weighted by Gasteiger charge is -2.19. The van der Waals surface area contributed by atoms with Crippen molar-refractivity contribution in [3.8, 4) is 11.5 Å². The van der Waals surface area contributed by atoms with Crippen LogP contribution < -0.4 is 20.2 Å². The fourth-order valence-electron chi connectivity index (χ4n) is 3.58. The Morgan fingerprint density at radius 3 is 2.22 bits per heavy atom. The molecule has 2 aromatic rings.